The normalized spacial score (nSPS) is 11.7. The van der Waals surface area contributed by atoms with Crippen molar-refractivity contribution < 1.29 is 0 Å². The smallest absolute Gasteiger partial charge is 0.138 e. The minimum atomic E-state index is 0.899. The summed E-state index contributed by atoms with van der Waals surface area (Å²) in [4.78, 5) is 6.17. The first kappa shape index (κ1) is 26.8. The summed E-state index contributed by atoms with van der Waals surface area (Å²) in [6.07, 6.45) is 0. The van der Waals surface area contributed by atoms with E-state index in [0.29, 0.717) is 0 Å². The maximum atomic E-state index is 5.23. The van der Waals surface area contributed by atoms with Gasteiger partial charge in [0.25, 0.3) is 0 Å². The lowest BCUT2D eigenvalue weighted by Crippen LogP contribution is -1.99. The summed E-state index contributed by atoms with van der Waals surface area (Å²) in [7, 11) is 0. The molecule has 0 saturated carbocycles. The van der Waals surface area contributed by atoms with E-state index in [1.165, 1.54) is 38.1 Å². The first-order chi connectivity index (χ1) is 22.7. The SMILES string of the molecule is Cc1ccc(-n2c3ccccc3c3ccccc32)cc1-c1cc(-c2cccc(-n3c4ccccc4c4ccccc43)n2)ccc1S. The van der Waals surface area contributed by atoms with Crippen LogP contribution in [0.5, 0.6) is 0 Å². The fourth-order valence-electron chi connectivity index (χ4n) is 7.03. The van der Waals surface area contributed by atoms with Crippen molar-refractivity contribution >= 4 is 56.2 Å². The number of rotatable bonds is 4. The number of para-hydroxylation sites is 4. The van der Waals surface area contributed by atoms with E-state index >= 15 is 0 Å². The van der Waals surface area contributed by atoms with Crippen molar-refractivity contribution in [3.8, 4) is 33.9 Å². The number of aryl methyl sites for hydroxylation is 1. The van der Waals surface area contributed by atoms with Gasteiger partial charge in [0.1, 0.15) is 5.82 Å². The molecule has 9 rings (SSSR count). The van der Waals surface area contributed by atoms with Gasteiger partial charge in [0.05, 0.1) is 27.8 Å². The molecule has 0 unspecified atom stereocenters. The lowest BCUT2D eigenvalue weighted by atomic mass is 9.97. The third-order valence-corrected chi connectivity index (χ3v) is 9.58. The fraction of sp³-hybridized carbons (Fsp3) is 0.0238. The molecule has 3 heterocycles. The quantitative estimate of drug-likeness (QED) is 0.198. The predicted octanol–water partition coefficient (Wildman–Crippen LogP) is 11.2. The maximum absolute atomic E-state index is 5.23. The molecule has 0 aliphatic rings. The number of nitrogens with zero attached hydrogens (tertiary/aromatic N) is 3. The highest BCUT2D eigenvalue weighted by molar-refractivity contribution is 7.80. The van der Waals surface area contributed by atoms with Crippen molar-refractivity contribution in [1.29, 1.82) is 0 Å². The van der Waals surface area contributed by atoms with Crippen LogP contribution < -0.4 is 0 Å². The Morgan fingerprint density at radius 2 is 1.02 bits per heavy atom. The molecule has 9 aromatic rings. The molecule has 0 fully saturated rings. The third kappa shape index (κ3) is 4.11. The van der Waals surface area contributed by atoms with Gasteiger partial charge in [-0.2, -0.15) is 0 Å². The molecule has 0 radical (unpaired) electrons. The van der Waals surface area contributed by atoms with Crippen LogP contribution in [0, 0.1) is 6.92 Å². The Balaban J connectivity index is 1.19. The van der Waals surface area contributed by atoms with Crippen molar-refractivity contribution in [2.75, 3.05) is 0 Å². The summed E-state index contributed by atoms with van der Waals surface area (Å²) in [6, 6.07) is 53.8. The summed E-state index contributed by atoms with van der Waals surface area (Å²) in [5.74, 6) is 0.899. The molecule has 6 aromatic carbocycles. The van der Waals surface area contributed by atoms with Crippen LogP contribution in [0.4, 0.5) is 0 Å². The Bertz CT molecular complexity index is 2520. The highest BCUT2D eigenvalue weighted by Gasteiger charge is 2.16. The van der Waals surface area contributed by atoms with Crippen molar-refractivity contribution in [3.63, 3.8) is 0 Å². The Hall–Kier alpha value is -5.58. The molecule has 218 valence electrons. The Kier molecular flexibility index (Phi) is 6.12. The molecule has 0 amide bonds. The summed E-state index contributed by atoms with van der Waals surface area (Å²) in [6.45, 7) is 2.17. The standard InChI is InChI=1S/C42H29N3S/c1-27-21-23-29(44-37-16-6-2-11-30(37)31-12-3-7-17-38(31)44)26-34(27)35-25-28(22-24-41(35)46)36-15-10-20-42(43-36)45-39-18-8-4-13-32(39)33-14-5-9-19-40(33)45/h2-26,46H,1H3. The predicted molar refractivity (Wildman–Crippen MR) is 196 cm³/mol. The summed E-state index contributed by atoms with van der Waals surface area (Å²) in [5.41, 5.74) is 11.2. The van der Waals surface area contributed by atoms with Gasteiger partial charge in [0.2, 0.25) is 0 Å². The van der Waals surface area contributed by atoms with Gasteiger partial charge in [-0.15, -0.1) is 12.6 Å². The van der Waals surface area contributed by atoms with E-state index in [0.717, 1.165) is 49.8 Å². The molecule has 3 nitrogen and oxygen atoms in total. The van der Waals surface area contributed by atoms with Gasteiger partial charge in [-0.3, -0.25) is 4.57 Å². The molecular weight excluding hydrogens is 579 g/mol. The van der Waals surface area contributed by atoms with Gasteiger partial charge in [-0.25, -0.2) is 4.98 Å². The number of hydrogen-bond donors (Lipinski definition) is 1. The molecule has 4 heteroatoms. The van der Waals surface area contributed by atoms with Crippen molar-refractivity contribution in [2.24, 2.45) is 0 Å². The van der Waals surface area contributed by atoms with E-state index in [1.54, 1.807) is 0 Å². The molecular formula is C42H29N3S. The number of fused-ring (bicyclic) bond motifs is 6. The molecule has 0 saturated heterocycles. The topological polar surface area (TPSA) is 22.8 Å². The van der Waals surface area contributed by atoms with Gasteiger partial charge in [-0.1, -0.05) is 91.0 Å². The summed E-state index contributed by atoms with van der Waals surface area (Å²) >= 11 is 4.96. The van der Waals surface area contributed by atoms with Crippen LogP contribution >= 0.6 is 12.6 Å². The lowest BCUT2D eigenvalue weighted by molar-refractivity contribution is 1.08. The second-order valence-electron chi connectivity index (χ2n) is 11.9. The van der Waals surface area contributed by atoms with Crippen LogP contribution in [-0.2, 0) is 0 Å². The number of thiol groups is 1. The molecule has 46 heavy (non-hydrogen) atoms. The molecule has 0 aliphatic heterocycles. The second-order valence-corrected chi connectivity index (χ2v) is 12.3. The Morgan fingerprint density at radius 1 is 0.478 bits per heavy atom. The van der Waals surface area contributed by atoms with Crippen molar-refractivity contribution in [2.45, 2.75) is 11.8 Å². The molecule has 0 spiro atoms. The number of benzene rings is 6. The molecule has 0 bridgehead atoms. The minimum absolute atomic E-state index is 0.899. The largest absolute Gasteiger partial charge is 0.309 e. The summed E-state index contributed by atoms with van der Waals surface area (Å²) < 4.78 is 4.63. The number of hydrogen-bond acceptors (Lipinski definition) is 2. The lowest BCUT2D eigenvalue weighted by Gasteiger charge is -2.15. The molecule has 3 aromatic heterocycles. The van der Waals surface area contributed by atoms with E-state index in [2.05, 4.69) is 168 Å². The second kappa shape index (κ2) is 10.5. The average molecular weight is 608 g/mol. The van der Waals surface area contributed by atoms with Crippen molar-refractivity contribution in [3.05, 3.63) is 157 Å². The van der Waals surface area contributed by atoms with Crippen LogP contribution in [-0.4, -0.2) is 14.1 Å². The molecule has 0 atom stereocenters. The number of pyridine rings is 1. The van der Waals surface area contributed by atoms with Crippen LogP contribution in [0.2, 0.25) is 0 Å². The Morgan fingerprint density at radius 3 is 1.61 bits per heavy atom. The highest BCUT2D eigenvalue weighted by atomic mass is 32.1. The first-order valence-electron chi connectivity index (χ1n) is 15.5. The van der Waals surface area contributed by atoms with Gasteiger partial charge >= 0.3 is 0 Å². The van der Waals surface area contributed by atoms with E-state index < -0.39 is 0 Å². The first-order valence-corrected chi connectivity index (χ1v) is 16.0. The van der Waals surface area contributed by atoms with Gasteiger partial charge in [0.15, 0.2) is 0 Å². The van der Waals surface area contributed by atoms with Crippen LogP contribution in [0.1, 0.15) is 5.56 Å². The molecule has 0 aliphatic carbocycles. The van der Waals surface area contributed by atoms with E-state index in [1.807, 2.05) is 0 Å². The summed E-state index contributed by atoms with van der Waals surface area (Å²) in [5, 5.41) is 4.97. The zero-order valence-electron chi connectivity index (χ0n) is 25.2. The highest BCUT2D eigenvalue weighted by Crippen LogP contribution is 2.38. The van der Waals surface area contributed by atoms with Crippen LogP contribution in [0.15, 0.2) is 157 Å². The van der Waals surface area contributed by atoms with E-state index in [4.69, 9.17) is 17.6 Å². The van der Waals surface area contributed by atoms with Crippen molar-refractivity contribution in [1.82, 2.24) is 14.1 Å². The molecule has 0 N–H and O–H groups in total. The fourth-order valence-corrected chi connectivity index (χ4v) is 7.29. The third-order valence-electron chi connectivity index (χ3n) is 9.19. The van der Waals surface area contributed by atoms with Crippen LogP contribution in [0.3, 0.4) is 0 Å². The number of aromatic nitrogens is 3. The van der Waals surface area contributed by atoms with E-state index in [-0.39, 0.29) is 0 Å². The monoisotopic (exact) mass is 607 g/mol. The maximum Gasteiger partial charge on any atom is 0.138 e. The van der Waals surface area contributed by atoms with Gasteiger partial charge in [0, 0.05) is 37.7 Å². The van der Waals surface area contributed by atoms with Gasteiger partial charge in [-0.05, 0) is 84.3 Å². The minimum Gasteiger partial charge on any atom is -0.309 e. The average Bonchev–Trinajstić information content (AvgIpc) is 3.62. The van der Waals surface area contributed by atoms with Gasteiger partial charge < -0.3 is 4.57 Å². The van der Waals surface area contributed by atoms with E-state index in [9.17, 15) is 0 Å². The zero-order chi connectivity index (χ0) is 30.8. The Labute approximate surface area is 272 Å². The zero-order valence-corrected chi connectivity index (χ0v) is 26.1. The van der Waals surface area contributed by atoms with Crippen LogP contribution in [0.25, 0.3) is 77.5 Å².